The normalized spacial score (nSPS) is 23.9. The van der Waals surface area contributed by atoms with Crippen molar-refractivity contribution in [1.82, 2.24) is 14.8 Å². The number of ether oxygens (including phenoxy) is 1. The Hall–Kier alpha value is -3.28. The third kappa shape index (κ3) is 3.95. The van der Waals surface area contributed by atoms with Crippen molar-refractivity contribution in [3.05, 3.63) is 58.4 Å². The van der Waals surface area contributed by atoms with Crippen LogP contribution in [0.5, 0.6) is 0 Å². The molecular formula is C26H29N5O3. The molecule has 2 unspecified atom stereocenters. The molecule has 1 aromatic carbocycles. The van der Waals surface area contributed by atoms with Gasteiger partial charge < -0.3 is 15.0 Å². The van der Waals surface area contributed by atoms with E-state index in [0.717, 1.165) is 47.6 Å². The lowest BCUT2D eigenvalue weighted by molar-refractivity contribution is -0.145. The lowest BCUT2D eigenvalue weighted by atomic mass is 9.85. The minimum atomic E-state index is -0.589. The fourth-order valence-corrected chi connectivity index (χ4v) is 5.54. The number of amides is 2. The molecule has 1 aromatic heterocycles. The van der Waals surface area contributed by atoms with Crippen LogP contribution in [0.25, 0.3) is 0 Å². The monoisotopic (exact) mass is 459 g/mol. The first kappa shape index (κ1) is 22.5. The van der Waals surface area contributed by atoms with Crippen LogP contribution in [-0.2, 0) is 33.8 Å². The maximum atomic E-state index is 13.8. The summed E-state index contributed by atoms with van der Waals surface area (Å²) >= 11 is 0. The van der Waals surface area contributed by atoms with Crippen LogP contribution in [0.2, 0.25) is 0 Å². The van der Waals surface area contributed by atoms with E-state index in [1.165, 1.54) is 0 Å². The Morgan fingerprint density at radius 2 is 2.21 bits per heavy atom. The van der Waals surface area contributed by atoms with Crippen molar-refractivity contribution in [1.29, 1.82) is 5.26 Å². The van der Waals surface area contributed by atoms with Crippen LogP contribution in [-0.4, -0.2) is 59.9 Å². The van der Waals surface area contributed by atoms with E-state index >= 15 is 0 Å². The Kier molecular flexibility index (Phi) is 5.84. The number of nitriles is 1. The SMILES string of the molecule is COCC1(C(=O)N2CCc3ncc(C#N)cc3C2)CCN(Cc2ccc3c(c2)C(C)C(=O)N3)C1. The zero-order valence-corrected chi connectivity index (χ0v) is 19.6. The number of hydrogen-bond acceptors (Lipinski definition) is 6. The number of aromatic nitrogens is 1. The molecule has 34 heavy (non-hydrogen) atoms. The Morgan fingerprint density at radius 1 is 1.35 bits per heavy atom. The first-order valence-electron chi connectivity index (χ1n) is 11.7. The Morgan fingerprint density at radius 3 is 3.00 bits per heavy atom. The highest BCUT2D eigenvalue weighted by Crippen LogP contribution is 2.37. The zero-order valence-electron chi connectivity index (χ0n) is 19.6. The molecule has 8 heteroatoms. The van der Waals surface area contributed by atoms with Gasteiger partial charge in [-0.15, -0.1) is 0 Å². The first-order valence-corrected chi connectivity index (χ1v) is 11.7. The van der Waals surface area contributed by atoms with Gasteiger partial charge in [0.1, 0.15) is 6.07 Å². The molecule has 4 heterocycles. The number of hydrogen-bond donors (Lipinski definition) is 1. The molecular weight excluding hydrogens is 430 g/mol. The molecule has 0 saturated carbocycles. The average molecular weight is 460 g/mol. The number of anilines is 1. The maximum absolute atomic E-state index is 13.8. The van der Waals surface area contributed by atoms with Crippen LogP contribution in [0, 0.1) is 16.7 Å². The molecule has 2 atom stereocenters. The van der Waals surface area contributed by atoms with Gasteiger partial charge >= 0.3 is 0 Å². The van der Waals surface area contributed by atoms with E-state index in [9.17, 15) is 14.9 Å². The molecule has 0 spiro atoms. The van der Waals surface area contributed by atoms with Gasteiger partial charge in [-0.3, -0.25) is 19.5 Å². The molecule has 1 fully saturated rings. The van der Waals surface area contributed by atoms with Crippen LogP contribution in [0.15, 0.2) is 30.5 Å². The third-order valence-electron chi connectivity index (χ3n) is 7.40. The zero-order chi connectivity index (χ0) is 23.9. The molecule has 3 aliphatic heterocycles. The Balaban J connectivity index is 1.31. The van der Waals surface area contributed by atoms with E-state index in [0.29, 0.717) is 38.2 Å². The molecule has 176 valence electrons. The molecule has 8 nitrogen and oxygen atoms in total. The van der Waals surface area contributed by atoms with Gasteiger partial charge in [-0.2, -0.15) is 5.26 Å². The summed E-state index contributed by atoms with van der Waals surface area (Å²) < 4.78 is 5.56. The topological polar surface area (TPSA) is 98.6 Å². The van der Waals surface area contributed by atoms with Gasteiger partial charge in [-0.1, -0.05) is 12.1 Å². The number of nitrogens with one attached hydrogen (secondary N) is 1. The number of fused-ring (bicyclic) bond motifs is 2. The van der Waals surface area contributed by atoms with Crippen LogP contribution in [0.3, 0.4) is 0 Å². The maximum Gasteiger partial charge on any atom is 0.232 e. The minimum Gasteiger partial charge on any atom is -0.384 e. The molecule has 0 bridgehead atoms. The summed E-state index contributed by atoms with van der Waals surface area (Å²) in [6.07, 6.45) is 3.03. The van der Waals surface area contributed by atoms with E-state index in [2.05, 4.69) is 33.4 Å². The molecule has 0 radical (unpaired) electrons. The number of likely N-dealkylation sites (tertiary alicyclic amines) is 1. The van der Waals surface area contributed by atoms with Gasteiger partial charge in [0.25, 0.3) is 0 Å². The molecule has 3 aliphatic rings. The molecule has 0 aliphatic carbocycles. The predicted molar refractivity (Wildman–Crippen MR) is 126 cm³/mol. The molecule has 1 saturated heterocycles. The van der Waals surface area contributed by atoms with Gasteiger partial charge in [0.15, 0.2) is 0 Å². The van der Waals surface area contributed by atoms with Crippen molar-refractivity contribution in [3.63, 3.8) is 0 Å². The summed E-state index contributed by atoms with van der Waals surface area (Å²) in [5.74, 6) is 0.0150. The van der Waals surface area contributed by atoms with E-state index in [4.69, 9.17) is 4.74 Å². The third-order valence-corrected chi connectivity index (χ3v) is 7.40. The number of carbonyl (C=O) groups excluding carboxylic acids is 2. The van der Waals surface area contributed by atoms with Crippen LogP contribution in [0.1, 0.15) is 47.2 Å². The quantitative estimate of drug-likeness (QED) is 0.738. The van der Waals surface area contributed by atoms with E-state index in [-0.39, 0.29) is 17.7 Å². The lowest BCUT2D eigenvalue weighted by Crippen LogP contribution is -2.49. The largest absolute Gasteiger partial charge is 0.384 e. The summed E-state index contributed by atoms with van der Waals surface area (Å²) in [4.78, 5) is 34.4. The fraction of sp³-hybridized carbons (Fsp3) is 0.462. The smallest absolute Gasteiger partial charge is 0.232 e. The minimum absolute atomic E-state index is 0.0400. The van der Waals surface area contributed by atoms with Gasteiger partial charge in [0.2, 0.25) is 11.8 Å². The molecule has 1 N–H and O–H groups in total. The van der Waals surface area contributed by atoms with Crippen molar-refractivity contribution in [3.8, 4) is 6.07 Å². The second-order valence-corrected chi connectivity index (χ2v) is 9.72. The van der Waals surface area contributed by atoms with E-state index in [1.54, 1.807) is 13.3 Å². The Labute approximate surface area is 199 Å². The number of methoxy groups -OCH3 is 1. The summed E-state index contributed by atoms with van der Waals surface area (Å²) in [7, 11) is 1.65. The number of carbonyl (C=O) groups is 2. The van der Waals surface area contributed by atoms with Crippen molar-refractivity contribution < 1.29 is 14.3 Å². The summed E-state index contributed by atoms with van der Waals surface area (Å²) in [5.41, 5.74) is 4.93. The summed E-state index contributed by atoms with van der Waals surface area (Å²) in [6, 6.07) is 10.1. The van der Waals surface area contributed by atoms with Crippen molar-refractivity contribution in [2.24, 2.45) is 5.41 Å². The van der Waals surface area contributed by atoms with Gasteiger partial charge in [0.05, 0.1) is 23.5 Å². The highest BCUT2D eigenvalue weighted by Gasteiger charge is 2.47. The van der Waals surface area contributed by atoms with Gasteiger partial charge in [-0.25, -0.2) is 0 Å². The average Bonchev–Trinajstić information content (AvgIpc) is 3.39. The van der Waals surface area contributed by atoms with Crippen LogP contribution >= 0.6 is 0 Å². The number of benzene rings is 1. The number of pyridine rings is 1. The van der Waals surface area contributed by atoms with Gasteiger partial charge in [0, 0.05) is 57.3 Å². The van der Waals surface area contributed by atoms with Crippen LogP contribution in [0.4, 0.5) is 5.69 Å². The predicted octanol–water partition coefficient (Wildman–Crippen LogP) is 2.43. The van der Waals surface area contributed by atoms with Gasteiger partial charge in [-0.05, 0) is 48.7 Å². The molecule has 5 rings (SSSR count). The van der Waals surface area contributed by atoms with Crippen molar-refractivity contribution in [2.45, 2.75) is 38.8 Å². The number of nitrogens with zero attached hydrogens (tertiary/aromatic N) is 4. The second-order valence-electron chi connectivity index (χ2n) is 9.72. The van der Waals surface area contributed by atoms with Crippen LogP contribution < -0.4 is 5.32 Å². The fourth-order valence-electron chi connectivity index (χ4n) is 5.54. The molecule has 2 amide bonds. The number of rotatable bonds is 5. The summed E-state index contributed by atoms with van der Waals surface area (Å²) in [5, 5.41) is 12.1. The highest BCUT2D eigenvalue weighted by atomic mass is 16.5. The van der Waals surface area contributed by atoms with Crippen molar-refractivity contribution in [2.75, 3.05) is 38.7 Å². The first-order chi connectivity index (χ1) is 16.4. The van der Waals surface area contributed by atoms with E-state index in [1.807, 2.05) is 24.0 Å². The Bertz CT molecular complexity index is 1190. The highest BCUT2D eigenvalue weighted by molar-refractivity contribution is 6.02. The standard InChI is InChI=1S/C26H29N5O3/c1-17-21-10-18(3-4-23(21)29-24(17)32)13-30-8-6-26(15-30,16-34-2)25(33)31-7-5-22-20(14-31)9-19(11-27)12-28-22/h3-4,9-10,12,17H,5-8,13-16H2,1-2H3,(H,29,32). The lowest BCUT2D eigenvalue weighted by Gasteiger charge is -2.36. The second kappa shape index (κ2) is 8.82. The summed E-state index contributed by atoms with van der Waals surface area (Å²) in [6.45, 7) is 5.57. The van der Waals surface area contributed by atoms with E-state index < -0.39 is 5.41 Å². The molecule has 2 aromatic rings. The van der Waals surface area contributed by atoms with Crippen molar-refractivity contribution >= 4 is 17.5 Å².